The third-order valence-electron chi connectivity index (χ3n) is 4.87. The van der Waals surface area contributed by atoms with E-state index in [2.05, 4.69) is 0 Å². The normalized spacial score (nSPS) is 11.1. The number of benzene rings is 3. The molecule has 5 heteroatoms. The number of hydrogen-bond acceptors (Lipinski definition) is 1. The lowest BCUT2D eigenvalue weighted by Crippen LogP contribution is -2.09. The van der Waals surface area contributed by atoms with E-state index in [0.717, 1.165) is 27.6 Å². The molecule has 0 amide bonds. The Morgan fingerprint density at radius 1 is 1.00 bits per heavy atom. The van der Waals surface area contributed by atoms with Gasteiger partial charge in [-0.1, -0.05) is 35.9 Å². The van der Waals surface area contributed by atoms with Crippen molar-refractivity contribution in [3.8, 4) is 11.1 Å². The topological polar surface area (TPSA) is 42.2 Å². The van der Waals surface area contributed by atoms with E-state index in [1.807, 2.05) is 30.3 Å². The average Bonchev–Trinajstić information content (AvgIpc) is 3.04. The zero-order chi connectivity index (χ0) is 19.8. The highest BCUT2D eigenvalue weighted by Crippen LogP contribution is 2.29. The standard InChI is InChI=1S/C23H17ClFNO2/c1-14-10-16(4-8-20(14)25)17-5-9-21-18(11-17)12-22(23(27)28)26(21)13-15-2-6-19(24)7-3-15/h2-12H,13H2,1H3,(H,27,28). The first-order valence-electron chi connectivity index (χ1n) is 8.80. The zero-order valence-electron chi connectivity index (χ0n) is 15.1. The molecule has 0 bridgehead atoms. The lowest BCUT2D eigenvalue weighted by molar-refractivity contribution is 0.0686. The molecule has 1 N–H and O–H groups in total. The van der Waals surface area contributed by atoms with E-state index < -0.39 is 5.97 Å². The fourth-order valence-corrected chi connectivity index (χ4v) is 3.52. The van der Waals surface area contributed by atoms with Gasteiger partial charge in [0.15, 0.2) is 0 Å². The summed E-state index contributed by atoms with van der Waals surface area (Å²) in [6.07, 6.45) is 0. The van der Waals surface area contributed by atoms with Crippen molar-refractivity contribution in [2.24, 2.45) is 0 Å². The van der Waals surface area contributed by atoms with Crippen LogP contribution in [0.15, 0.2) is 66.7 Å². The molecule has 0 atom stereocenters. The van der Waals surface area contributed by atoms with Crippen LogP contribution in [-0.2, 0) is 6.54 Å². The van der Waals surface area contributed by atoms with Crippen LogP contribution < -0.4 is 0 Å². The average molecular weight is 394 g/mol. The highest BCUT2D eigenvalue weighted by Gasteiger charge is 2.16. The van der Waals surface area contributed by atoms with Gasteiger partial charge in [0.05, 0.1) is 0 Å². The Morgan fingerprint density at radius 3 is 2.36 bits per heavy atom. The van der Waals surface area contributed by atoms with Gasteiger partial charge in [0.2, 0.25) is 0 Å². The Kier molecular flexibility index (Phi) is 4.65. The Labute approximate surface area is 166 Å². The third kappa shape index (κ3) is 3.39. The van der Waals surface area contributed by atoms with E-state index >= 15 is 0 Å². The summed E-state index contributed by atoms with van der Waals surface area (Å²) in [7, 11) is 0. The number of carboxylic acids is 1. The van der Waals surface area contributed by atoms with Gasteiger partial charge in [-0.2, -0.15) is 0 Å². The molecule has 0 spiro atoms. The maximum absolute atomic E-state index is 13.6. The van der Waals surface area contributed by atoms with Crippen LogP contribution in [0.4, 0.5) is 4.39 Å². The van der Waals surface area contributed by atoms with Crippen molar-refractivity contribution in [1.82, 2.24) is 4.57 Å². The molecule has 0 fully saturated rings. The molecule has 0 aliphatic rings. The second-order valence-corrected chi connectivity index (χ2v) is 7.22. The molecule has 140 valence electrons. The minimum absolute atomic E-state index is 0.220. The summed E-state index contributed by atoms with van der Waals surface area (Å²) in [6.45, 7) is 2.15. The lowest BCUT2D eigenvalue weighted by atomic mass is 10.0. The largest absolute Gasteiger partial charge is 0.477 e. The number of nitrogens with zero attached hydrogens (tertiary/aromatic N) is 1. The molecule has 0 saturated heterocycles. The summed E-state index contributed by atoms with van der Waals surface area (Å²) in [5.41, 5.74) is 4.39. The predicted molar refractivity (Wildman–Crippen MR) is 110 cm³/mol. The number of aromatic carboxylic acids is 1. The molecule has 1 heterocycles. The first kappa shape index (κ1) is 18.3. The van der Waals surface area contributed by atoms with Crippen LogP contribution >= 0.6 is 11.6 Å². The molecule has 3 aromatic carbocycles. The highest BCUT2D eigenvalue weighted by molar-refractivity contribution is 6.30. The van der Waals surface area contributed by atoms with Gasteiger partial charge in [0, 0.05) is 22.5 Å². The zero-order valence-corrected chi connectivity index (χ0v) is 15.9. The lowest BCUT2D eigenvalue weighted by Gasteiger charge is -2.10. The van der Waals surface area contributed by atoms with Gasteiger partial charge in [-0.15, -0.1) is 0 Å². The second kappa shape index (κ2) is 7.13. The van der Waals surface area contributed by atoms with E-state index in [4.69, 9.17) is 11.6 Å². The van der Waals surface area contributed by atoms with Crippen molar-refractivity contribution < 1.29 is 14.3 Å². The van der Waals surface area contributed by atoms with Gasteiger partial charge in [-0.3, -0.25) is 0 Å². The fourth-order valence-electron chi connectivity index (χ4n) is 3.39. The quantitative estimate of drug-likeness (QED) is 0.451. The molecule has 0 aliphatic heterocycles. The highest BCUT2D eigenvalue weighted by atomic mass is 35.5. The molecular weight excluding hydrogens is 377 g/mol. The van der Waals surface area contributed by atoms with Crippen LogP contribution in [0, 0.1) is 12.7 Å². The van der Waals surface area contributed by atoms with Gasteiger partial charge >= 0.3 is 5.97 Å². The van der Waals surface area contributed by atoms with Crippen molar-refractivity contribution in [2.75, 3.05) is 0 Å². The molecule has 28 heavy (non-hydrogen) atoms. The van der Waals surface area contributed by atoms with E-state index in [1.165, 1.54) is 6.07 Å². The van der Waals surface area contributed by atoms with Gasteiger partial charge in [0.25, 0.3) is 0 Å². The molecule has 1 aromatic heterocycles. The van der Waals surface area contributed by atoms with Crippen LogP contribution in [0.25, 0.3) is 22.0 Å². The molecule has 4 rings (SSSR count). The monoisotopic (exact) mass is 393 g/mol. The van der Waals surface area contributed by atoms with Gasteiger partial charge in [0.1, 0.15) is 11.5 Å². The summed E-state index contributed by atoms with van der Waals surface area (Å²) >= 11 is 5.94. The maximum Gasteiger partial charge on any atom is 0.352 e. The molecule has 4 aromatic rings. The minimum Gasteiger partial charge on any atom is -0.477 e. The Balaban J connectivity index is 1.81. The van der Waals surface area contributed by atoms with Crippen molar-refractivity contribution in [3.63, 3.8) is 0 Å². The SMILES string of the molecule is Cc1cc(-c2ccc3c(c2)cc(C(=O)O)n3Cc2ccc(Cl)cc2)ccc1F. The molecule has 0 aliphatic carbocycles. The molecule has 0 radical (unpaired) electrons. The molecule has 3 nitrogen and oxygen atoms in total. The summed E-state index contributed by atoms with van der Waals surface area (Å²) < 4.78 is 15.3. The van der Waals surface area contributed by atoms with Crippen molar-refractivity contribution >= 4 is 28.5 Å². The Hall–Kier alpha value is -3.11. The van der Waals surface area contributed by atoms with Crippen LogP contribution in [0.2, 0.25) is 5.02 Å². The number of hydrogen-bond donors (Lipinski definition) is 1. The molecule has 0 saturated carbocycles. The summed E-state index contributed by atoms with van der Waals surface area (Å²) in [6, 6.07) is 19.8. The number of fused-ring (bicyclic) bond motifs is 1. The summed E-state index contributed by atoms with van der Waals surface area (Å²) in [5.74, 6) is -1.23. The first-order valence-corrected chi connectivity index (χ1v) is 9.18. The Bertz CT molecular complexity index is 1200. The molecular formula is C23H17ClFNO2. The van der Waals surface area contributed by atoms with E-state index in [-0.39, 0.29) is 11.5 Å². The summed E-state index contributed by atoms with van der Waals surface area (Å²) in [4.78, 5) is 11.8. The third-order valence-corrected chi connectivity index (χ3v) is 5.12. The number of aryl methyl sites for hydroxylation is 1. The Morgan fingerprint density at radius 2 is 1.68 bits per heavy atom. The van der Waals surface area contributed by atoms with Crippen LogP contribution in [0.3, 0.4) is 0 Å². The van der Waals surface area contributed by atoms with Crippen molar-refractivity contribution in [1.29, 1.82) is 0 Å². The van der Waals surface area contributed by atoms with Crippen molar-refractivity contribution in [2.45, 2.75) is 13.5 Å². The van der Waals surface area contributed by atoms with Gasteiger partial charge in [-0.25, -0.2) is 9.18 Å². The smallest absolute Gasteiger partial charge is 0.352 e. The van der Waals surface area contributed by atoms with Gasteiger partial charge < -0.3 is 9.67 Å². The summed E-state index contributed by atoms with van der Waals surface area (Å²) in [5, 5.41) is 11.1. The number of carbonyl (C=O) groups is 1. The van der Waals surface area contributed by atoms with Crippen LogP contribution in [-0.4, -0.2) is 15.6 Å². The van der Waals surface area contributed by atoms with Crippen LogP contribution in [0.5, 0.6) is 0 Å². The number of carboxylic acid groups (broad SMARTS) is 1. The molecule has 0 unspecified atom stereocenters. The van der Waals surface area contributed by atoms with Crippen molar-refractivity contribution in [3.05, 3.63) is 94.4 Å². The maximum atomic E-state index is 13.6. The van der Waals surface area contributed by atoms with Gasteiger partial charge in [-0.05, 0) is 71.6 Å². The second-order valence-electron chi connectivity index (χ2n) is 6.78. The fraction of sp³-hybridized carbons (Fsp3) is 0.0870. The number of halogens is 2. The number of aromatic nitrogens is 1. The van der Waals surface area contributed by atoms with E-state index in [9.17, 15) is 14.3 Å². The van der Waals surface area contributed by atoms with E-state index in [1.54, 1.807) is 41.8 Å². The predicted octanol–water partition coefficient (Wildman–Crippen LogP) is 6.16. The van der Waals surface area contributed by atoms with Crippen LogP contribution in [0.1, 0.15) is 21.6 Å². The number of rotatable bonds is 4. The van der Waals surface area contributed by atoms with E-state index in [0.29, 0.717) is 17.1 Å². The minimum atomic E-state index is -0.982. The first-order chi connectivity index (χ1) is 13.4.